The third kappa shape index (κ3) is 4.22. The number of rotatable bonds is 5. The summed E-state index contributed by atoms with van der Waals surface area (Å²) in [4.78, 5) is 11.4. The van der Waals surface area contributed by atoms with E-state index >= 15 is 0 Å². The largest absolute Gasteiger partial charge is 0.497 e. The van der Waals surface area contributed by atoms with Crippen LogP contribution in [0.3, 0.4) is 0 Å². The summed E-state index contributed by atoms with van der Waals surface area (Å²) in [6.07, 6.45) is 6.09. The van der Waals surface area contributed by atoms with Gasteiger partial charge in [0.05, 0.1) is 18.7 Å². The van der Waals surface area contributed by atoms with Gasteiger partial charge >= 0.3 is 0 Å². The maximum absolute atomic E-state index is 6.47. The molecule has 1 aliphatic heterocycles. The molecule has 1 atom stereocenters. The Kier molecular flexibility index (Phi) is 5.99. The molecule has 0 spiro atoms. The van der Waals surface area contributed by atoms with Crippen LogP contribution in [0.25, 0.3) is 6.08 Å². The molecule has 0 bridgehead atoms. The first-order valence-electron chi connectivity index (χ1n) is 9.04. The van der Waals surface area contributed by atoms with Gasteiger partial charge in [-0.25, -0.2) is 9.97 Å². The predicted octanol–water partition coefficient (Wildman–Crippen LogP) is 6.29. The molecule has 0 saturated heterocycles. The number of thioether (sulfide) groups is 1. The summed E-state index contributed by atoms with van der Waals surface area (Å²) in [6.45, 7) is 0.659. The summed E-state index contributed by atoms with van der Waals surface area (Å²) in [6, 6.07) is 16.0. The number of ether oxygens (including phenoxy) is 1. The second-order valence-corrected chi connectivity index (χ2v) is 8.14. The maximum atomic E-state index is 6.47. The minimum atomic E-state index is 0.00440. The van der Waals surface area contributed by atoms with Crippen LogP contribution in [0.5, 0.6) is 5.75 Å². The fourth-order valence-electron chi connectivity index (χ4n) is 3.34. The van der Waals surface area contributed by atoms with Crippen LogP contribution >= 0.6 is 35.0 Å². The van der Waals surface area contributed by atoms with Gasteiger partial charge in [0.25, 0.3) is 0 Å². The van der Waals surface area contributed by atoms with Crippen molar-refractivity contribution in [3.63, 3.8) is 0 Å². The van der Waals surface area contributed by atoms with Crippen LogP contribution in [-0.4, -0.2) is 23.3 Å². The predicted molar refractivity (Wildman–Crippen MR) is 121 cm³/mol. The molecule has 0 N–H and O–H groups in total. The van der Waals surface area contributed by atoms with Crippen LogP contribution in [0.15, 0.2) is 59.8 Å². The van der Waals surface area contributed by atoms with Crippen molar-refractivity contribution in [2.45, 2.75) is 17.7 Å². The highest BCUT2D eigenvalue weighted by atomic mass is 35.5. The number of anilines is 1. The first-order valence-corrected chi connectivity index (χ1v) is 11.0. The van der Waals surface area contributed by atoms with Gasteiger partial charge < -0.3 is 9.64 Å². The number of methoxy groups -OCH3 is 1. The van der Waals surface area contributed by atoms with E-state index < -0.39 is 0 Å². The standard InChI is InChI=1S/C22H19Cl2N3OS/c1-28-17-9-5-15(6-10-17)19-12-11-18-20(24)25-22(29-2)26-21(18)27(19)13-14-3-7-16(23)8-4-14/h3-12,19H,13H2,1-2H3. The zero-order valence-electron chi connectivity index (χ0n) is 16.0. The molecule has 4 rings (SSSR count). The van der Waals surface area contributed by atoms with E-state index in [4.69, 9.17) is 32.9 Å². The van der Waals surface area contributed by atoms with Crippen molar-refractivity contribution in [3.05, 3.63) is 81.5 Å². The summed E-state index contributed by atoms with van der Waals surface area (Å²) in [5.74, 6) is 1.65. The number of nitrogens with zero attached hydrogens (tertiary/aromatic N) is 3. The molecule has 29 heavy (non-hydrogen) atoms. The second kappa shape index (κ2) is 8.66. The fraction of sp³-hybridized carbons (Fsp3) is 0.182. The molecule has 0 aliphatic carbocycles. The van der Waals surface area contributed by atoms with E-state index in [2.05, 4.69) is 28.1 Å². The molecule has 148 valence electrons. The van der Waals surface area contributed by atoms with Crippen LogP contribution in [0.4, 0.5) is 5.82 Å². The maximum Gasteiger partial charge on any atom is 0.190 e. The van der Waals surface area contributed by atoms with Crippen molar-refractivity contribution in [1.82, 2.24) is 9.97 Å². The Hall–Kier alpha value is -2.21. The summed E-state index contributed by atoms with van der Waals surface area (Å²) in [5, 5.41) is 1.83. The average Bonchev–Trinajstić information content (AvgIpc) is 2.75. The molecule has 1 aliphatic rings. The molecule has 1 unspecified atom stereocenters. The van der Waals surface area contributed by atoms with E-state index in [1.54, 1.807) is 7.11 Å². The van der Waals surface area contributed by atoms with Gasteiger partial charge in [0, 0.05) is 11.6 Å². The Morgan fingerprint density at radius 1 is 1.03 bits per heavy atom. The lowest BCUT2D eigenvalue weighted by atomic mass is 9.99. The number of aromatic nitrogens is 2. The first kappa shape index (κ1) is 20.1. The Bertz CT molecular complexity index is 1040. The fourth-order valence-corrected chi connectivity index (χ4v) is 4.10. The van der Waals surface area contributed by atoms with Gasteiger partial charge in [-0.2, -0.15) is 0 Å². The average molecular weight is 444 g/mol. The molecule has 3 aromatic rings. The molecular weight excluding hydrogens is 425 g/mol. The first-order chi connectivity index (χ1) is 14.1. The molecule has 4 nitrogen and oxygen atoms in total. The van der Waals surface area contributed by atoms with Crippen LogP contribution in [0, 0.1) is 0 Å². The monoisotopic (exact) mass is 443 g/mol. The van der Waals surface area contributed by atoms with Gasteiger partial charge in [0.1, 0.15) is 16.7 Å². The van der Waals surface area contributed by atoms with Gasteiger partial charge in [-0.3, -0.25) is 0 Å². The topological polar surface area (TPSA) is 38.3 Å². The molecule has 1 aromatic heterocycles. The van der Waals surface area contributed by atoms with E-state index in [0.29, 0.717) is 16.9 Å². The lowest BCUT2D eigenvalue weighted by Crippen LogP contribution is -2.31. The molecule has 0 radical (unpaired) electrons. The Balaban J connectivity index is 1.79. The summed E-state index contributed by atoms with van der Waals surface area (Å²) in [7, 11) is 1.67. The lowest BCUT2D eigenvalue weighted by molar-refractivity contribution is 0.414. The van der Waals surface area contributed by atoms with Crippen LogP contribution in [0.1, 0.15) is 22.7 Å². The van der Waals surface area contributed by atoms with E-state index in [1.807, 2.05) is 48.7 Å². The van der Waals surface area contributed by atoms with Crippen molar-refractivity contribution in [3.8, 4) is 5.75 Å². The third-order valence-corrected chi connectivity index (χ3v) is 5.91. The van der Waals surface area contributed by atoms with Crippen LogP contribution in [-0.2, 0) is 6.54 Å². The van der Waals surface area contributed by atoms with Crippen molar-refractivity contribution < 1.29 is 4.74 Å². The second-order valence-electron chi connectivity index (χ2n) is 6.57. The molecule has 2 heterocycles. The van der Waals surface area contributed by atoms with E-state index in [1.165, 1.54) is 11.8 Å². The Labute approximate surface area is 184 Å². The van der Waals surface area contributed by atoms with Crippen molar-refractivity contribution >= 4 is 46.9 Å². The van der Waals surface area contributed by atoms with E-state index in [9.17, 15) is 0 Å². The van der Waals surface area contributed by atoms with Crippen molar-refractivity contribution in [2.75, 3.05) is 18.3 Å². The normalized spacial score (nSPS) is 15.3. The molecule has 0 saturated carbocycles. The smallest absolute Gasteiger partial charge is 0.190 e. The van der Waals surface area contributed by atoms with Gasteiger partial charge in [0.15, 0.2) is 5.16 Å². The quantitative estimate of drug-likeness (QED) is 0.263. The molecular formula is C22H19Cl2N3OS. The summed E-state index contributed by atoms with van der Waals surface area (Å²) >= 11 is 14.0. The third-order valence-electron chi connectivity index (χ3n) is 4.82. The van der Waals surface area contributed by atoms with Crippen LogP contribution < -0.4 is 9.64 Å². The number of benzene rings is 2. The molecule has 7 heteroatoms. The zero-order chi connectivity index (χ0) is 20.4. The molecule has 0 amide bonds. The SMILES string of the molecule is COc1ccc(C2C=Cc3c(Cl)nc(SC)nc3N2Cc2ccc(Cl)cc2)cc1. The number of fused-ring (bicyclic) bond motifs is 1. The highest BCUT2D eigenvalue weighted by molar-refractivity contribution is 7.98. The summed E-state index contributed by atoms with van der Waals surface area (Å²) < 4.78 is 5.31. The van der Waals surface area contributed by atoms with Gasteiger partial charge in [0.2, 0.25) is 0 Å². The highest BCUT2D eigenvalue weighted by Gasteiger charge is 2.28. The zero-order valence-corrected chi connectivity index (χ0v) is 18.3. The minimum absolute atomic E-state index is 0.00440. The highest BCUT2D eigenvalue weighted by Crippen LogP contribution is 2.40. The Morgan fingerprint density at radius 3 is 2.41 bits per heavy atom. The van der Waals surface area contributed by atoms with Crippen molar-refractivity contribution in [2.24, 2.45) is 0 Å². The number of hydrogen-bond donors (Lipinski definition) is 0. The van der Waals surface area contributed by atoms with E-state index in [0.717, 1.165) is 33.3 Å². The van der Waals surface area contributed by atoms with E-state index in [-0.39, 0.29) is 6.04 Å². The molecule has 0 fully saturated rings. The van der Waals surface area contributed by atoms with Gasteiger partial charge in [-0.1, -0.05) is 65.3 Å². The van der Waals surface area contributed by atoms with Gasteiger partial charge in [-0.05, 0) is 47.7 Å². The Morgan fingerprint density at radius 2 is 1.76 bits per heavy atom. The van der Waals surface area contributed by atoms with Gasteiger partial charge in [-0.15, -0.1) is 0 Å². The minimum Gasteiger partial charge on any atom is -0.497 e. The van der Waals surface area contributed by atoms with Crippen LogP contribution in [0.2, 0.25) is 10.2 Å². The number of hydrogen-bond acceptors (Lipinski definition) is 5. The molecule has 2 aromatic carbocycles. The lowest BCUT2D eigenvalue weighted by Gasteiger charge is -2.35. The van der Waals surface area contributed by atoms with Crippen molar-refractivity contribution in [1.29, 1.82) is 0 Å². The summed E-state index contributed by atoms with van der Waals surface area (Å²) in [5.41, 5.74) is 3.11. The number of halogens is 2.